The predicted molar refractivity (Wildman–Crippen MR) is 126 cm³/mol. The fourth-order valence-electron chi connectivity index (χ4n) is 4.09. The van der Waals surface area contributed by atoms with Gasteiger partial charge in [0.25, 0.3) is 5.91 Å². The Morgan fingerprint density at radius 3 is 2.34 bits per heavy atom. The van der Waals surface area contributed by atoms with E-state index in [-0.39, 0.29) is 41.6 Å². The first-order valence-electron chi connectivity index (χ1n) is 11.2. The van der Waals surface area contributed by atoms with E-state index in [1.165, 1.54) is 29.2 Å². The van der Waals surface area contributed by atoms with E-state index in [1.54, 1.807) is 12.1 Å². The Morgan fingerprint density at radius 2 is 1.63 bits per heavy atom. The normalized spacial score (nSPS) is 14.6. The van der Waals surface area contributed by atoms with E-state index in [0.29, 0.717) is 12.8 Å². The molecule has 1 amide bonds. The smallest absolute Gasteiger partial charge is 0.253 e. The third kappa shape index (κ3) is 5.80. The molecule has 1 aliphatic heterocycles. The number of hydrogen-bond acceptors (Lipinski definition) is 4. The van der Waals surface area contributed by atoms with Gasteiger partial charge in [-0.1, -0.05) is 36.4 Å². The van der Waals surface area contributed by atoms with Crippen molar-refractivity contribution in [1.29, 1.82) is 0 Å². The molecule has 3 aromatic rings. The molecular formula is C26H24F2N2O4S. The van der Waals surface area contributed by atoms with Crippen molar-refractivity contribution in [2.24, 2.45) is 5.92 Å². The van der Waals surface area contributed by atoms with Gasteiger partial charge in [0, 0.05) is 31.1 Å². The fourth-order valence-corrected chi connectivity index (χ4v) is 5.15. The van der Waals surface area contributed by atoms with Crippen molar-refractivity contribution in [2.75, 3.05) is 13.1 Å². The molecule has 0 saturated carbocycles. The summed E-state index contributed by atoms with van der Waals surface area (Å²) in [6.45, 7) is 0.611. The number of ketones is 1. The number of nitrogens with zero attached hydrogens (tertiary/aromatic N) is 1. The molecule has 0 unspecified atom stereocenters. The van der Waals surface area contributed by atoms with E-state index in [0.717, 1.165) is 23.8 Å². The molecule has 0 spiro atoms. The second-order valence-corrected chi connectivity index (χ2v) is 10.2. The quantitative estimate of drug-likeness (QED) is 0.496. The molecular weight excluding hydrogens is 474 g/mol. The number of rotatable bonds is 7. The van der Waals surface area contributed by atoms with Gasteiger partial charge in [-0.25, -0.2) is 21.9 Å². The number of hydrogen-bond donors (Lipinski definition) is 1. The Balaban J connectivity index is 1.40. The molecule has 6 nitrogen and oxygen atoms in total. The molecule has 1 aliphatic rings. The average Bonchev–Trinajstić information content (AvgIpc) is 2.89. The van der Waals surface area contributed by atoms with Crippen LogP contribution >= 0.6 is 0 Å². The Labute approximate surface area is 202 Å². The highest BCUT2D eigenvalue weighted by Gasteiger charge is 2.30. The van der Waals surface area contributed by atoms with Crippen LogP contribution in [0.2, 0.25) is 0 Å². The van der Waals surface area contributed by atoms with E-state index < -0.39 is 33.4 Å². The number of benzene rings is 3. The zero-order valence-electron chi connectivity index (χ0n) is 18.8. The number of carbonyl (C=O) groups excluding carboxylic acids is 2. The van der Waals surface area contributed by atoms with Gasteiger partial charge >= 0.3 is 0 Å². The number of amides is 1. The van der Waals surface area contributed by atoms with Crippen LogP contribution in [-0.2, 0) is 16.6 Å². The number of piperidine rings is 1. The van der Waals surface area contributed by atoms with E-state index in [9.17, 15) is 26.8 Å². The minimum Gasteiger partial charge on any atom is -0.339 e. The zero-order chi connectivity index (χ0) is 25.0. The van der Waals surface area contributed by atoms with Gasteiger partial charge in [0.1, 0.15) is 11.6 Å². The van der Waals surface area contributed by atoms with Gasteiger partial charge in [-0.2, -0.15) is 0 Å². The summed E-state index contributed by atoms with van der Waals surface area (Å²) < 4.78 is 55.4. The Kier molecular flexibility index (Phi) is 7.37. The highest BCUT2D eigenvalue weighted by molar-refractivity contribution is 7.89. The summed E-state index contributed by atoms with van der Waals surface area (Å²) in [6, 6.07) is 17.7. The third-order valence-electron chi connectivity index (χ3n) is 6.05. The lowest BCUT2D eigenvalue weighted by molar-refractivity contribution is 0.0649. The van der Waals surface area contributed by atoms with Crippen molar-refractivity contribution >= 4 is 21.7 Å². The fraction of sp³-hybridized carbons (Fsp3) is 0.231. The number of halogens is 2. The van der Waals surface area contributed by atoms with Gasteiger partial charge in [0.15, 0.2) is 5.78 Å². The van der Waals surface area contributed by atoms with E-state index in [4.69, 9.17) is 0 Å². The lowest BCUT2D eigenvalue weighted by atomic mass is 9.88. The van der Waals surface area contributed by atoms with Gasteiger partial charge < -0.3 is 4.90 Å². The Bertz CT molecular complexity index is 1340. The summed E-state index contributed by atoms with van der Waals surface area (Å²) in [7, 11) is -3.84. The van der Waals surface area contributed by atoms with E-state index in [1.807, 2.05) is 18.2 Å². The highest BCUT2D eigenvalue weighted by atomic mass is 32.2. The van der Waals surface area contributed by atoms with Crippen LogP contribution in [0.15, 0.2) is 77.7 Å². The van der Waals surface area contributed by atoms with Crippen molar-refractivity contribution in [2.45, 2.75) is 24.3 Å². The maximum atomic E-state index is 14.0. The average molecular weight is 499 g/mol. The molecule has 0 aliphatic carbocycles. The van der Waals surface area contributed by atoms with Crippen molar-refractivity contribution in [1.82, 2.24) is 9.62 Å². The summed E-state index contributed by atoms with van der Waals surface area (Å²) in [6.07, 6.45) is 0.605. The van der Waals surface area contributed by atoms with Crippen LogP contribution in [0.3, 0.4) is 0 Å². The summed E-state index contributed by atoms with van der Waals surface area (Å²) >= 11 is 0. The van der Waals surface area contributed by atoms with Crippen molar-refractivity contribution < 1.29 is 26.8 Å². The highest BCUT2D eigenvalue weighted by Crippen LogP contribution is 2.25. The first kappa shape index (κ1) is 24.7. The number of Topliss-reactive ketones (excluding diaryl/α,β-unsaturated/α-hetero) is 1. The summed E-state index contributed by atoms with van der Waals surface area (Å²) in [5, 5.41) is 0. The van der Waals surface area contributed by atoms with Crippen LogP contribution in [0.5, 0.6) is 0 Å². The van der Waals surface area contributed by atoms with Gasteiger partial charge in [0.2, 0.25) is 10.0 Å². The summed E-state index contributed by atoms with van der Waals surface area (Å²) in [4.78, 5) is 27.2. The number of likely N-dealkylation sites (tertiary alicyclic amines) is 1. The monoisotopic (exact) mass is 498 g/mol. The first-order chi connectivity index (χ1) is 16.7. The van der Waals surface area contributed by atoms with Crippen LogP contribution in [0.4, 0.5) is 8.78 Å². The second kappa shape index (κ2) is 10.5. The molecule has 9 heteroatoms. The van der Waals surface area contributed by atoms with Crippen LogP contribution in [0.1, 0.15) is 39.1 Å². The molecule has 1 fully saturated rings. The standard InChI is InChI=1S/C26H24F2N2O4S/c27-21-9-10-24(28)23(16-21)25(31)19-11-13-30(14-12-19)26(32)20-7-4-8-22(15-20)35(33,34)29-17-18-5-2-1-3-6-18/h1-10,15-16,19,29H,11-14,17H2. The lowest BCUT2D eigenvalue weighted by Crippen LogP contribution is -2.40. The van der Waals surface area contributed by atoms with Gasteiger partial charge in [-0.15, -0.1) is 0 Å². The van der Waals surface area contributed by atoms with Gasteiger partial charge in [-0.05, 0) is 54.8 Å². The maximum Gasteiger partial charge on any atom is 0.253 e. The second-order valence-electron chi connectivity index (χ2n) is 8.39. The Morgan fingerprint density at radius 1 is 0.914 bits per heavy atom. The molecule has 0 atom stereocenters. The van der Waals surface area contributed by atoms with Crippen LogP contribution in [0.25, 0.3) is 0 Å². The summed E-state index contributed by atoms with van der Waals surface area (Å²) in [5.41, 5.74) is 0.739. The molecule has 0 aromatic heterocycles. The molecule has 0 radical (unpaired) electrons. The lowest BCUT2D eigenvalue weighted by Gasteiger charge is -2.31. The first-order valence-corrected chi connectivity index (χ1v) is 12.6. The summed E-state index contributed by atoms with van der Waals surface area (Å²) in [5.74, 6) is -2.81. The van der Waals surface area contributed by atoms with E-state index >= 15 is 0 Å². The topological polar surface area (TPSA) is 83.6 Å². The Hall–Kier alpha value is -3.43. The van der Waals surface area contributed by atoms with Crippen molar-refractivity contribution in [3.05, 3.63) is 101 Å². The minimum absolute atomic E-state index is 0.0223. The largest absolute Gasteiger partial charge is 0.339 e. The molecule has 1 heterocycles. The molecule has 3 aromatic carbocycles. The van der Waals surface area contributed by atoms with Gasteiger partial charge in [0.05, 0.1) is 10.5 Å². The van der Waals surface area contributed by atoms with Crippen LogP contribution in [-0.4, -0.2) is 38.1 Å². The molecule has 1 N–H and O–H groups in total. The molecule has 4 rings (SSSR count). The molecule has 1 saturated heterocycles. The SMILES string of the molecule is O=C(c1cc(F)ccc1F)C1CCN(C(=O)c2cccc(S(=O)(=O)NCc3ccccc3)c2)CC1. The molecule has 35 heavy (non-hydrogen) atoms. The maximum absolute atomic E-state index is 14.0. The van der Waals surface area contributed by atoms with Crippen molar-refractivity contribution in [3.63, 3.8) is 0 Å². The van der Waals surface area contributed by atoms with Crippen LogP contribution in [0, 0.1) is 17.6 Å². The number of nitrogens with one attached hydrogen (secondary N) is 1. The molecule has 182 valence electrons. The predicted octanol–water partition coefficient (Wildman–Crippen LogP) is 4.18. The van der Waals surface area contributed by atoms with Crippen LogP contribution < -0.4 is 4.72 Å². The van der Waals surface area contributed by atoms with E-state index in [2.05, 4.69) is 4.72 Å². The van der Waals surface area contributed by atoms with Crippen molar-refractivity contribution in [3.8, 4) is 0 Å². The number of sulfonamides is 1. The zero-order valence-corrected chi connectivity index (χ0v) is 19.6. The molecule has 0 bridgehead atoms. The third-order valence-corrected chi connectivity index (χ3v) is 7.45. The number of carbonyl (C=O) groups is 2. The van der Waals surface area contributed by atoms with Gasteiger partial charge in [-0.3, -0.25) is 9.59 Å². The minimum atomic E-state index is -3.84.